The standard InChI is InChI=1S/C24H28N6O4/c1-14-20(27-19-5-4-8-30(10-9-29(2)3)24(33)22(14)19)12-17-16-11-15(26-21(31)13-25-34)6-7-18(16)28-23(17)32/h6-7,11-12,27H,4-5,8-10,13H2,1-3H3,(H,26,31)(H,28,32)/b17-12-. The first-order chi connectivity index (χ1) is 16.3. The van der Waals surface area contributed by atoms with Crippen LogP contribution in [0.3, 0.4) is 0 Å². The molecule has 178 valence electrons. The predicted molar refractivity (Wildman–Crippen MR) is 131 cm³/mol. The van der Waals surface area contributed by atoms with E-state index >= 15 is 0 Å². The first kappa shape index (κ1) is 23.4. The van der Waals surface area contributed by atoms with Gasteiger partial charge in [0.25, 0.3) is 11.8 Å². The van der Waals surface area contributed by atoms with Gasteiger partial charge in [0.2, 0.25) is 5.91 Å². The van der Waals surface area contributed by atoms with Gasteiger partial charge < -0.3 is 25.4 Å². The number of nitrogens with one attached hydrogen (secondary N) is 3. The van der Waals surface area contributed by atoms with Crippen molar-refractivity contribution in [1.82, 2.24) is 14.8 Å². The minimum absolute atomic E-state index is 0.0119. The van der Waals surface area contributed by atoms with E-state index in [4.69, 9.17) is 0 Å². The van der Waals surface area contributed by atoms with Gasteiger partial charge in [-0.2, -0.15) is 4.91 Å². The highest BCUT2D eigenvalue weighted by atomic mass is 16.3. The molecule has 3 N–H and O–H groups in total. The van der Waals surface area contributed by atoms with E-state index in [1.54, 1.807) is 24.3 Å². The zero-order valence-electron chi connectivity index (χ0n) is 19.5. The third kappa shape index (κ3) is 4.62. The number of nitroso groups, excluding NO2 is 1. The maximum atomic E-state index is 13.3. The van der Waals surface area contributed by atoms with E-state index in [-0.39, 0.29) is 11.8 Å². The van der Waals surface area contributed by atoms with Crippen molar-refractivity contribution in [3.05, 3.63) is 51.2 Å². The third-order valence-corrected chi connectivity index (χ3v) is 6.12. The molecule has 0 bridgehead atoms. The smallest absolute Gasteiger partial charge is 0.256 e. The van der Waals surface area contributed by atoms with Crippen LogP contribution in [-0.4, -0.2) is 72.8 Å². The molecule has 0 saturated carbocycles. The van der Waals surface area contributed by atoms with Gasteiger partial charge in [-0.25, -0.2) is 0 Å². The van der Waals surface area contributed by atoms with Crippen molar-refractivity contribution >= 4 is 40.7 Å². The van der Waals surface area contributed by atoms with Crippen LogP contribution in [0, 0.1) is 11.8 Å². The summed E-state index contributed by atoms with van der Waals surface area (Å²) in [5.74, 6) is -0.784. The second-order valence-electron chi connectivity index (χ2n) is 8.82. The molecule has 0 fully saturated rings. The number of hydrogen-bond donors (Lipinski definition) is 3. The van der Waals surface area contributed by atoms with Crippen molar-refractivity contribution in [2.75, 3.05) is 50.9 Å². The predicted octanol–water partition coefficient (Wildman–Crippen LogP) is 2.47. The third-order valence-electron chi connectivity index (χ3n) is 6.12. The van der Waals surface area contributed by atoms with Crippen molar-refractivity contribution in [3.63, 3.8) is 0 Å². The Kier molecular flexibility index (Phi) is 6.60. The van der Waals surface area contributed by atoms with Gasteiger partial charge in [-0.3, -0.25) is 14.4 Å². The molecule has 4 rings (SSSR count). The number of carbonyl (C=O) groups is 3. The summed E-state index contributed by atoms with van der Waals surface area (Å²) in [7, 11) is 3.97. The van der Waals surface area contributed by atoms with E-state index in [2.05, 4.69) is 25.7 Å². The highest BCUT2D eigenvalue weighted by molar-refractivity contribution is 6.35. The summed E-state index contributed by atoms with van der Waals surface area (Å²) in [5.41, 5.74) is 5.24. The van der Waals surface area contributed by atoms with Crippen LogP contribution < -0.4 is 10.6 Å². The average Bonchev–Trinajstić information content (AvgIpc) is 3.20. The van der Waals surface area contributed by atoms with E-state index in [1.165, 1.54) is 0 Å². The molecular formula is C24H28N6O4. The second kappa shape index (κ2) is 9.60. The Morgan fingerprint density at radius 3 is 2.82 bits per heavy atom. The number of aromatic amines is 1. The molecule has 0 spiro atoms. The van der Waals surface area contributed by atoms with Crippen LogP contribution in [0.15, 0.2) is 23.4 Å². The van der Waals surface area contributed by atoms with Gasteiger partial charge in [0, 0.05) is 48.0 Å². The van der Waals surface area contributed by atoms with Gasteiger partial charge in [-0.05, 0) is 63.7 Å². The molecule has 0 saturated heterocycles. The topological polar surface area (TPSA) is 127 Å². The van der Waals surface area contributed by atoms with E-state index in [0.717, 1.165) is 37.2 Å². The maximum Gasteiger partial charge on any atom is 0.256 e. The largest absolute Gasteiger partial charge is 0.358 e. The maximum absolute atomic E-state index is 13.3. The van der Waals surface area contributed by atoms with Crippen molar-refractivity contribution in [2.24, 2.45) is 5.18 Å². The monoisotopic (exact) mass is 464 g/mol. The fraction of sp³-hybridized carbons (Fsp3) is 0.375. The summed E-state index contributed by atoms with van der Waals surface area (Å²) in [4.78, 5) is 55.4. The van der Waals surface area contributed by atoms with Crippen molar-refractivity contribution in [3.8, 4) is 0 Å². The normalized spacial score (nSPS) is 16.4. The summed E-state index contributed by atoms with van der Waals surface area (Å²) in [6.45, 7) is 3.58. The number of anilines is 2. The van der Waals surface area contributed by atoms with E-state index in [9.17, 15) is 19.3 Å². The van der Waals surface area contributed by atoms with E-state index in [1.807, 2.05) is 25.9 Å². The number of amides is 3. The van der Waals surface area contributed by atoms with Crippen LogP contribution in [0.5, 0.6) is 0 Å². The number of H-pyrrole nitrogens is 1. The van der Waals surface area contributed by atoms with Gasteiger partial charge in [0.1, 0.15) is 0 Å². The van der Waals surface area contributed by atoms with Crippen molar-refractivity contribution in [1.29, 1.82) is 0 Å². The Labute approximate surface area is 197 Å². The SMILES string of the molecule is Cc1c(/C=C2\C(=O)Nc3ccc(NC(=O)CN=O)cc32)[nH]c2c1C(=O)N(CCN(C)C)CCC2. The molecule has 0 aliphatic carbocycles. The molecule has 34 heavy (non-hydrogen) atoms. The minimum atomic E-state index is -0.529. The lowest BCUT2D eigenvalue weighted by molar-refractivity contribution is -0.115. The first-order valence-electron chi connectivity index (χ1n) is 11.2. The average molecular weight is 465 g/mol. The fourth-order valence-corrected chi connectivity index (χ4v) is 4.35. The van der Waals surface area contributed by atoms with Crippen LogP contribution in [0.1, 0.15) is 39.3 Å². The molecule has 1 aromatic carbocycles. The Morgan fingerprint density at radius 1 is 1.29 bits per heavy atom. The Morgan fingerprint density at radius 2 is 2.09 bits per heavy atom. The number of nitrogens with zero attached hydrogens (tertiary/aromatic N) is 3. The zero-order chi connectivity index (χ0) is 24.4. The molecule has 3 amide bonds. The number of fused-ring (bicyclic) bond motifs is 2. The zero-order valence-corrected chi connectivity index (χ0v) is 19.5. The molecule has 2 aliphatic heterocycles. The summed E-state index contributed by atoms with van der Waals surface area (Å²) in [6, 6.07) is 5.02. The van der Waals surface area contributed by atoms with Crippen LogP contribution in [0.4, 0.5) is 11.4 Å². The van der Waals surface area contributed by atoms with Gasteiger partial charge in [0.05, 0.1) is 11.1 Å². The summed E-state index contributed by atoms with van der Waals surface area (Å²) in [5, 5.41) is 8.01. The van der Waals surface area contributed by atoms with E-state index < -0.39 is 12.5 Å². The Hall–Kier alpha value is -3.79. The van der Waals surface area contributed by atoms with Crippen LogP contribution >= 0.6 is 0 Å². The fourth-order valence-electron chi connectivity index (χ4n) is 4.35. The number of aromatic nitrogens is 1. The summed E-state index contributed by atoms with van der Waals surface area (Å²) in [6.07, 6.45) is 3.37. The second-order valence-corrected chi connectivity index (χ2v) is 8.82. The number of carbonyl (C=O) groups excluding carboxylic acids is 3. The molecule has 10 heteroatoms. The minimum Gasteiger partial charge on any atom is -0.358 e. The number of hydrogen-bond acceptors (Lipinski definition) is 6. The van der Waals surface area contributed by atoms with Gasteiger partial charge in [-0.1, -0.05) is 5.18 Å². The quantitative estimate of drug-likeness (QED) is 0.429. The lowest BCUT2D eigenvalue weighted by Gasteiger charge is -2.23. The molecule has 10 nitrogen and oxygen atoms in total. The van der Waals surface area contributed by atoms with Gasteiger partial charge in [-0.15, -0.1) is 0 Å². The van der Waals surface area contributed by atoms with Crippen LogP contribution in [-0.2, 0) is 16.0 Å². The highest BCUT2D eigenvalue weighted by Crippen LogP contribution is 2.36. The number of rotatable bonds is 7. The molecule has 0 radical (unpaired) electrons. The molecule has 0 atom stereocenters. The molecule has 2 aromatic rings. The number of likely N-dealkylation sites (N-methyl/N-ethyl adjacent to an activating group) is 1. The molecular weight excluding hydrogens is 436 g/mol. The van der Waals surface area contributed by atoms with Crippen LogP contribution in [0.25, 0.3) is 11.6 Å². The summed E-state index contributed by atoms with van der Waals surface area (Å²) >= 11 is 0. The molecule has 3 heterocycles. The lowest BCUT2D eigenvalue weighted by Crippen LogP contribution is -2.36. The van der Waals surface area contributed by atoms with Crippen LogP contribution in [0.2, 0.25) is 0 Å². The van der Waals surface area contributed by atoms with Gasteiger partial charge >= 0.3 is 0 Å². The van der Waals surface area contributed by atoms with E-state index in [0.29, 0.717) is 40.3 Å². The summed E-state index contributed by atoms with van der Waals surface area (Å²) < 4.78 is 0. The molecule has 2 aliphatic rings. The highest BCUT2D eigenvalue weighted by Gasteiger charge is 2.29. The number of aryl methyl sites for hydroxylation is 1. The Balaban J connectivity index is 1.66. The molecule has 0 unspecified atom stereocenters. The number of benzene rings is 1. The van der Waals surface area contributed by atoms with Crippen molar-refractivity contribution in [2.45, 2.75) is 19.8 Å². The molecule has 1 aromatic heterocycles. The lowest BCUT2D eigenvalue weighted by atomic mass is 10.0. The van der Waals surface area contributed by atoms with Gasteiger partial charge in [0.15, 0.2) is 6.54 Å². The van der Waals surface area contributed by atoms with Crippen molar-refractivity contribution < 1.29 is 14.4 Å². The first-order valence-corrected chi connectivity index (χ1v) is 11.2. The Bertz CT molecular complexity index is 1200.